The number of carboxylic acid groups (broad SMARTS) is 2. The maximum atomic E-state index is 14.4. The summed E-state index contributed by atoms with van der Waals surface area (Å²) in [6, 6.07) is 3.85. The van der Waals surface area contributed by atoms with E-state index in [9.17, 15) is 81.0 Å². The molecule has 6 heterocycles. The maximum absolute atomic E-state index is 14.4. The number of carbonyl (C=O) groups excluding carboxylic acids is 10. The van der Waals surface area contributed by atoms with Crippen molar-refractivity contribution in [1.29, 1.82) is 0 Å². The summed E-state index contributed by atoms with van der Waals surface area (Å²) in [5.41, 5.74) is 7.75. The molecule has 43 nitrogen and oxygen atoms in total. The minimum absolute atomic E-state index is 0.00708. The molecule has 3 aromatic rings. The van der Waals surface area contributed by atoms with Gasteiger partial charge in [-0.2, -0.15) is 28.2 Å². The van der Waals surface area contributed by atoms with Crippen LogP contribution in [-0.4, -0.2) is 334 Å². The van der Waals surface area contributed by atoms with Crippen LogP contribution in [0.5, 0.6) is 5.75 Å². The number of ether oxygens (including phenoxy) is 9. The van der Waals surface area contributed by atoms with Crippen LogP contribution in [0.15, 0.2) is 44.5 Å². The summed E-state index contributed by atoms with van der Waals surface area (Å²) in [5.74, 6) is -3.97. The Bertz CT molecular complexity index is 4280. The van der Waals surface area contributed by atoms with Gasteiger partial charge in [0.05, 0.1) is 135 Å². The number of aliphatic carboxylic acids is 2. The number of aryl methyl sites for hydroxylation is 1. The SMILES string of the molecule is COc1cc(C)c(S(=O)(=O)N[C@@H](CC(=O)NCCCC(=O)NCCOCCOCCOCCOCC(=O)N[C@@H](CCCCNC(=O)CCCC[C@@H]2SC[C@@H]3NC(=O)N[C@@H]32)C(=O)O)C(=O)N[C@H](Cc2ccc(-c3noc(=O)[nH]3)cc2)C(=O)N2CCCCC2)c(C)c1C.NCCOCCOCCOCCOCC(=O)N[C@@H](CCCCNC(=O)CCCC[C@@H]1SC[C@@H]2NC(=O)N[C@@H]21)C(=O)O. The van der Waals surface area contributed by atoms with Crippen molar-refractivity contribution < 1.29 is 123 Å². The van der Waals surface area contributed by atoms with Crippen LogP contribution < -0.4 is 79.4 Å². The highest BCUT2D eigenvalue weighted by Gasteiger charge is 2.44. The average molecular weight is 1920 g/mol. The number of urea groups is 2. The molecule has 740 valence electrons. The smallest absolute Gasteiger partial charge is 0.439 e. The molecule has 1 aromatic heterocycles. The Kier molecular flexibility index (Phi) is 51.1. The number of nitrogens with one attached hydrogen (secondary N) is 13. The van der Waals surface area contributed by atoms with E-state index in [-0.39, 0.29) is 188 Å². The number of H-pyrrole nitrogens is 1. The topological polar surface area (TPSA) is 595 Å². The number of aromatic amines is 1. The van der Waals surface area contributed by atoms with Crippen LogP contribution in [0, 0.1) is 20.8 Å². The van der Waals surface area contributed by atoms with Crippen LogP contribution in [0.25, 0.3) is 11.4 Å². The molecule has 0 aliphatic carbocycles. The molecule has 5 saturated heterocycles. The molecule has 5 aliphatic rings. The number of nitrogens with zero attached hydrogens (tertiary/aromatic N) is 2. The largest absolute Gasteiger partial charge is 0.496 e. The second-order valence-electron chi connectivity index (χ2n) is 32.4. The van der Waals surface area contributed by atoms with Crippen molar-refractivity contribution >= 4 is 105 Å². The lowest BCUT2D eigenvalue weighted by atomic mass is 10.0. The first-order valence-corrected chi connectivity index (χ1v) is 48.9. The molecule has 132 heavy (non-hydrogen) atoms. The number of likely N-dealkylation sites (tertiary alicyclic amines) is 1. The van der Waals surface area contributed by atoms with Gasteiger partial charge >= 0.3 is 29.8 Å². The average Bonchev–Trinajstić information content (AvgIpc) is 1.16. The fourth-order valence-electron chi connectivity index (χ4n) is 15.2. The molecule has 5 aliphatic heterocycles. The van der Waals surface area contributed by atoms with Gasteiger partial charge in [0.1, 0.15) is 43.1 Å². The molecule has 0 radical (unpaired) electrons. The maximum Gasteiger partial charge on any atom is 0.439 e. The monoisotopic (exact) mass is 1920 g/mol. The number of piperidine rings is 1. The third kappa shape index (κ3) is 41.3. The lowest BCUT2D eigenvalue weighted by Gasteiger charge is -2.31. The zero-order valence-corrected chi connectivity index (χ0v) is 78.4. The number of unbranched alkanes of at least 4 members (excludes halogenated alkanes) is 4. The Labute approximate surface area is 777 Å². The van der Waals surface area contributed by atoms with E-state index in [1.807, 2.05) is 23.5 Å². The highest BCUT2D eigenvalue weighted by Crippen LogP contribution is 2.35. The van der Waals surface area contributed by atoms with Crippen LogP contribution in [0.4, 0.5) is 9.59 Å². The van der Waals surface area contributed by atoms with Crippen molar-refractivity contribution in [1.82, 2.24) is 78.2 Å². The Morgan fingerprint density at radius 2 is 0.992 bits per heavy atom. The van der Waals surface area contributed by atoms with E-state index < -0.39 is 81.9 Å². The number of fused-ring (bicyclic) bond motifs is 2. The van der Waals surface area contributed by atoms with Gasteiger partial charge in [-0.15, -0.1) is 0 Å². The molecule has 46 heteroatoms. The predicted molar refractivity (Wildman–Crippen MR) is 486 cm³/mol. The van der Waals surface area contributed by atoms with Gasteiger partial charge in [0.15, 0.2) is 5.82 Å². The van der Waals surface area contributed by atoms with Crippen LogP contribution >= 0.6 is 23.5 Å². The number of carboxylic acids is 2. The van der Waals surface area contributed by atoms with Gasteiger partial charge in [0.2, 0.25) is 57.3 Å². The molecule has 2 aromatic carbocycles. The van der Waals surface area contributed by atoms with Gasteiger partial charge < -0.3 is 122 Å². The van der Waals surface area contributed by atoms with Gasteiger partial charge in [-0.05, 0) is 139 Å². The summed E-state index contributed by atoms with van der Waals surface area (Å²) in [7, 11) is -3.02. The zero-order chi connectivity index (χ0) is 95.4. The second-order valence-corrected chi connectivity index (χ2v) is 36.6. The van der Waals surface area contributed by atoms with E-state index in [2.05, 4.69) is 77.9 Å². The molecule has 5 fully saturated rings. The minimum Gasteiger partial charge on any atom is -0.496 e. The predicted octanol–water partition coefficient (Wildman–Crippen LogP) is 0.995. The Morgan fingerprint density at radius 3 is 1.47 bits per heavy atom. The molecule has 0 bridgehead atoms. The van der Waals surface area contributed by atoms with Gasteiger partial charge in [-0.25, -0.2) is 32.4 Å². The summed E-state index contributed by atoms with van der Waals surface area (Å²) in [4.78, 5) is 165. The van der Waals surface area contributed by atoms with Crippen molar-refractivity contribution in [3.05, 3.63) is 63.1 Å². The standard InChI is InChI=1S/C60H89N11O18S2.C26H47N5O9S/c1-38-33-47(84-4)39(2)40(3)54(38)91(82,83)70-44(56(76)65-45(57(77)71-24-10-5-11-25-71)34-41-17-19-42(20-18-41)55-68-60(81)89-69-55)35-51(74)62-22-12-16-50(73)63-23-26-85-27-28-86-29-30-87-31-32-88-36-52(75)64-43(58(78)79)13-8-9-21-61-49(72)15-7-6-14-48-53-46(37-90-48)66-59(80)67-53;27-8-10-37-11-12-38-13-14-39-15-16-40-17-23(33)29-19(25(34)35)5-3-4-9-28-22(32)7-2-1-6-21-24-20(18-41-21)30-26(36)31-24/h17-20,33,43-46,48,53,70H,5-16,21-32,34-37H2,1-4H3,(H,61,72)(H,62,74)(H,63,73)(H,64,75)(H,65,76)(H,78,79)(H2,66,67,80)(H,68,69,81);19-21,24H,1-18,27H2,(H,28,32)(H,29,33)(H,34,35)(H2,30,31,36)/t43-,44-,45+,46-,48-,53-;19-,20-,21-,24-/m00/s1. The van der Waals surface area contributed by atoms with Crippen LogP contribution in [0.2, 0.25) is 0 Å². The van der Waals surface area contributed by atoms with Crippen molar-refractivity contribution in [3.8, 4) is 17.1 Å². The number of hydrogen-bond acceptors (Lipinski definition) is 29. The first-order valence-electron chi connectivity index (χ1n) is 45.3. The number of amides is 12. The molecule has 0 unspecified atom stereocenters. The molecule has 8 rings (SSSR count). The first-order chi connectivity index (χ1) is 63.6. The number of rotatable bonds is 67. The van der Waals surface area contributed by atoms with E-state index in [4.69, 9.17) is 48.4 Å². The highest BCUT2D eigenvalue weighted by molar-refractivity contribution is 8.00. The number of aromatic nitrogens is 2. The summed E-state index contributed by atoms with van der Waals surface area (Å²) in [6.45, 7) is 11.0. The van der Waals surface area contributed by atoms with E-state index in [0.717, 1.165) is 69.3 Å². The number of methoxy groups -OCH3 is 1. The van der Waals surface area contributed by atoms with Crippen LogP contribution in [0.1, 0.15) is 151 Å². The van der Waals surface area contributed by atoms with E-state index in [0.29, 0.717) is 148 Å². The van der Waals surface area contributed by atoms with E-state index in [1.54, 1.807) is 56.0 Å². The molecule has 0 spiro atoms. The third-order valence-electron chi connectivity index (χ3n) is 22.2. The fourth-order valence-corrected chi connectivity index (χ4v) is 20.0. The first kappa shape index (κ1) is 110. The van der Waals surface area contributed by atoms with Crippen molar-refractivity contribution in [2.75, 3.05) is 170 Å². The molecule has 0 saturated carbocycles. The molecule has 17 N–H and O–H groups in total. The van der Waals surface area contributed by atoms with E-state index in [1.165, 1.54) is 7.11 Å². The Morgan fingerprint density at radius 1 is 0.530 bits per heavy atom. The Balaban J connectivity index is 0.000000484. The lowest BCUT2D eigenvalue weighted by Crippen LogP contribution is -2.56. The third-order valence-corrected chi connectivity index (χ3v) is 27.0. The zero-order valence-electron chi connectivity index (χ0n) is 76.0. The number of carbonyl (C=O) groups is 12. The van der Waals surface area contributed by atoms with Gasteiger partial charge in [-0.3, -0.25) is 47.9 Å². The number of benzene rings is 2. The van der Waals surface area contributed by atoms with E-state index >= 15 is 0 Å². The Hall–Kier alpha value is -9.33. The summed E-state index contributed by atoms with van der Waals surface area (Å²) in [5, 5.41) is 54.1. The number of thioether (sulfide) groups is 2. The molecular weight excluding hydrogens is 1790 g/mol. The van der Waals surface area contributed by atoms with Gasteiger partial charge in [-0.1, -0.05) is 42.3 Å². The number of sulfonamides is 1. The van der Waals surface area contributed by atoms with Crippen molar-refractivity contribution in [2.24, 2.45) is 5.73 Å². The van der Waals surface area contributed by atoms with Crippen molar-refractivity contribution in [3.63, 3.8) is 0 Å². The van der Waals surface area contributed by atoms with Crippen LogP contribution in [-0.2, 0) is 102 Å². The summed E-state index contributed by atoms with van der Waals surface area (Å²) < 4.78 is 83.9. The quantitative estimate of drug-likeness (QED) is 0.0277. The van der Waals surface area contributed by atoms with Gasteiger partial charge in [0, 0.05) is 99.1 Å². The molecule has 10 atom stereocenters. The van der Waals surface area contributed by atoms with Gasteiger partial charge in [0.25, 0.3) is 0 Å². The summed E-state index contributed by atoms with van der Waals surface area (Å²) in [6.07, 6.45) is 10.7. The van der Waals surface area contributed by atoms with Crippen LogP contribution in [0.3, 0.4) is 0 Å². The number of hydrogen-bond donors (Lipinski definition) is 16. The second kappa shape index (κ2) is 61.5. The number of nitrogens with two attached hydrogens (primary N) is 1. The molecule has 12 amide bonds. The molecular formula is C86H136N16O27S3. The minimum atomic E-state index is -4.49. The fraction of sp³-hybridized carbons (Fsp3) is 0.698. The highest BCUT2D eigenvalue weighted by atomic mass is 32.2. The normalized spacial score (nSPS) is 18.1. The lowest BCUT2D eigenvalue weighted by molar-refractivity contribution is -0.143. The van der Waals surface area contributed by atoms with Crippen molar-refractivity contribution in [2.45, 2.75) is 219 Å². The summed E-state index contributed by atoms with van der Waals surface area (Å²) >= 11 is 3.71.